The number of hydrogen-bond acceptors (Lipinski definition) is 6. The zero-order valence-electron chi connectivity index (χ0n) is 15.0. The van der Waals surface area contributed by atoms with E-state index in [1.165, 1.54) is 13.8 Å². The first-order valence-corrected chi connectivity index (χ1v) is 8.25. The van der Waals surface area contributed by atoms with Crippen LogP contribution in [0.1, 0.15) is 65.7 Å². The lowest BCUT2D eigenvalue weighted by Crippen LogP contribution is -2.40. The normalized spacial score (nSPS) is 12.4. The number of carbonyl (C=O) groups is 2. The van der Waals surface area contributed by atoms with Crippen molar-refractivity contribution in [3.8, 4) is 0 Å². The Morgan fingerprint density at radius 3 is 1.79 bits per heavy atom. The van der Waals surface area contributed by atoms with Crippen LogP contribution in [0.2, 0.25) is 0 Å². The first-order chi connectivity index (χ1) is 11.1. The van der Waals surface area contributed by atoms with Gasteiger partial charge in [-0.05, 0) is 33.6 Å². The zero-order valence-corrected chi connectivity index (χ0v) is 15.0. The van der Waals surface area contributed by atoms with Crippen LogP contribution in [0.15, 0.2) is 24.3 Å². The fourth-order valence-electron chi connectivity index (χ4n) is 1.91. The second-order valence-corrected chi connectivity index (χ2v) is 6.21. The zero-order chi connectivity index (χ0) is 18.8. The lowest BCUT2D eigenvalue weighted by Gasteiger charge is -2.27. The average molecular weight is 342 g/mol. The largest absolute Gasteiger partial charge is 0.395 e. The second kappa shape index (κ2) is 11.0. The van der Waals surface area contributed by atoms with Gasteiger partial charge in [0.2, 0.25) is 0 Å². The van der Waals surface area contributed by atoms with Gasteiger partial charge in [0.05, 0.1) is 12.5 Å². The highest BCUT2D eigenvalue weighted by molar-refractivity contribution is 5.88. The molecule has 0 aliphatic rings. The molecule has 0 aliphatic carbocycles. The fourth-order valence-corrected chi connectivity index (χ4v) is 1.91. The minimum Gasteiger partial charge on any atom is -0.395 e. The van der Waals surface area contributed by atoms with Crippen molar-refractivity contribution in [1.29, 1.82) is 0 Å². The maximum absolute atomic E-state index is 11.6. The van der Waals surface area contributed by atoms with Crippen molar-refractivity contribution in [1.82, 2.24) is 0 Å². The van der Waals surface area contributed by atoms with Crippen LogP contribution in [0.4, 0.5) is 0 Å². The minimum absolute atomic E-state index is 0.0263. The number of unbranched alkanes of at least 4 members (excludes halogenated alkanes) is 4. The van der Waals surface area contributed by atoms with Gasteiger partial charge in [0.15, 0.2) is 0 Å². The molecule has 6 heteroatoms. The molecule has 0 bridgehead atoms. The Hall–Kier alpha value is -1.66. The van der Waals surface area contributed by atoms with Gasteiger partial charge in [0.1, 0.15) is 0 Å². The highest BCUT2D eigenvalue weighted by atomic mass is 16.8. The molecule has 0 saturated carbocycles. The molecule has 1 atom stereocenters. The number of esters is 2. The molecule has 0 amide bonds. The van der Waals surface area contributed by atoms with E-state index in [0.29, 0.717) is 6.42 Å². The van der Waals surface area contributed by atoms with Gasteiger partial charge >= 0.3 is 17.9 Å². The van der Waals surface area contributed by atoms with Crippen molar-refractivity contribution in [2.45, 2.75) is 77.8 Å². The van der Waals surface area contributed by atoms with Gasteiger partial charge in [-0.2, -0.15) is 0 Å². The average Bonchev–Trinajstić information content (AvgIpc) is 2.45. The topological polar surface area (TPSA) is 93.1 Å². The van der Waals surface area contributed by atoms with Crippen LogP contribution in [0.3, 0.4) is 0 Å². The Morgan fingerprint density at radius 2 is 1.38 bits per heavy atom. The Labute approximate surface area is 144 Å². The van der Waals surface area contributed by atoms with Crippen molar-refractivity contribution in [3.05, 3.63) is 24.3 Å². The third-order valence-electron chi connectivity index (χ3n) is 3.32. The molecular weight excluding hydrogens is 312 g/mol. The van der Waals surface area contributed by atoms with Gasteiger partial charge in [-0.3, -0.25) is 0 Å². The van der Waals surface area contributed by atoms with Gasteiger partial charge < -0.3 is 19.7 Å². The fraction of sp³-hybridized carbons (Fsp3) is 0.667. The Bertz CT molecular complexity index is 424. The quantitative estimate of drug-likeness (QED) is 0.245. The van der Waals surface area contributed by atoms with Crippen LogP contribution in [-0.2, 0) is 19.1 Å². The number of rotatable bonds is 12. The molecule has 0 aromatic rings. The van der Waals surface area contributed by atoms with Crippen molar-refractivity contribution < 1.29 is 29.3 Å². The van der Waals surface area contributed by atoms with E-state index < -0.39 is 17.9 Å². The molecule has 2 N–H and O–H groups in total. The molecular formula is C18H30O6. The number of carbonyl (C=O) groups excluding carboxylic acids is 2. The smallest absolute Gasteiger partial charge is 0.373 e. The molecule has 0 rings (SSSR count). The first kappa shape index (κ1) is 22.3. The predicted molar refractivity (Wildman–Crippen MR) is 90.8 cm³/mol. The van der Waals surface area contributed by atoms with Crippen LogP contribution in [-0.4, -0.2) is 34.2 Å². The van der Waals surface area contributed by atoms with Gasteiger partial charge in [0.25, 0.3) is 0 Å². The van der Waals surface area contributed by atoms with Crippen LogP contribution in [0, 0.1) is 0 Å². The predicted octanol–water partition coefficient (Wildman–Crippen LogP) is 2.98. The third kappa shape index (κ3) is 10.2. The van der Waals surface area contributed by atoms with Crippen LogP contribution in [0.5, 0.6) is 0 Å². The second-order valence-electron chi connectivity index (χ2n) is 6.21. The third-order valence-corrected chi connectivity index (χ3v) is 3.32. The van der Waals surface area contributed by atoms with Crippen molar-refractivity contribution in [2.24, 2.45) is 0 Å². The summed E-state index contributed by atoms with van der Waals surface area (Å²) in [4.78, 5) is 23.3. The summed E-state index contributed by atoms with van der Waals surface area (Å²) in [6, 6.07) is 0. The summed E-state index contributed by atoms with van der Waals surface area (Å²) in [5, 5.41) is 19.5. The monoisotopic (exact) mass is 342 g/mol. The summed E-state index contributed by atoms with van der Waals surface area (Å²) in [5.74, 6) is -3.97. The number of hydrogen-bond donors (Lipinski definition) is 2. The number of ether oxygens (including phenoxy) is 2. The van der Waals surface area contributed by atoms with Crippen molar-refractivity contribution >= 4 is 11.9 Å². The van der Waals surface area contributed by atoms with E-state index in [9.17, 15) is 19.8 Å². The Morgan fingerprint density at radius 1 is 0.958 bits per heavy atom. The van der Waals surface area contributed by atoms with Crippen molar-refractivity contribution in [3.63, 3.8) is 0 Å². The van der Waals surface area contributed by atoms with Crippen LogP contribution < -0.4 is 0 Å². The molecule has 0 aromatic heterocycles. The maximum Gasteiger partial charge on any atom is 0.373 e. The molecule has 0 saturated heterocycles. The van der Waals surface area contributed by atoms with Crippen LogP contribution >= 0.6 is 0 Å². The van der Waals surface area contributed by atoms with Crippen LogP contribution in [0.25, 0.3) is 0 Å². The van der Waals surface area contributed by atoms with Gasteiger partial charge in [0, 0.05) is 11.1 Å². The first-order valence-electron chi connectivity index (χ1n) is 8.25. The molecule has 0 radical (unpaired) electrons. The molecule has 0 fully saturated rings. The number of aliphatic hydroxyl groups is 2. The Balaban J connectivity index is 4.44. The summed E-state index contributed by atoms with van der Waals surface area (Å²) in [5.41, 5.74) is 0.191. The summed E-state index contributed by atoms with van der Waals surface area (Å²) in [6.07, 6.45) is 4.52. The highest BCUT2D eigenvalue weighted by Crippen LogP contribution is 2.22. The van der Waals surface area contributed by atoms with E-state index in [-0.39, 0.29) is 23.7 Å². The summed E-state index contributed by atoms with van der Waals surface area (Å²) in [7, 11) is 0. The number of aliphatic hydroxyl groups excluding tert-OH is 1. The van der Waals surface area contributed by atoms with E-state index in [0.717, 1.165) is 32.1 Å². The van der Waals surface area contributed by atoms with Gasteiger partial charge in [-0.25, -0.2) is 9.59 Å². The van der Waals surface area contributed by atoms with E-state index in [1.807, 2.05) is 0 Å². The summed E-state index contributed by atoms with van der Waals surface area (Å²) < 4.78 is 9.76. The van der Waals surface area contributed by atoms with E-state index in [4.69, 9.17) is 9.47 Å². The van der Waals surface area contributed by atoms with E-state index in [2.05, 4.69) is 13.2 Å². The molecule has 1 unspecified atom stereocenters. The molecule has 24 heavy (non-hydrogen) atoms. The van der Waals surface area contributed by atoms with Gasteiger partial charge in [-0.15, -0.1) is 0 Å². The molecule has 138 valence electrons. The molecule has 0 aliphatic heterocycles. The van der Waals surface area contributed by atoms with Crippen molar-refractivity contribution in [2.75, 3.05) is 0 Å². The molecule has 0 aromatic carbocycles. The summed E-state index contributed by atoms with van der Waals surface area (Å²) >= 11 is 0. The molecule has 0 spiro atoms. The van der Waals surface area contributed by atoms with E-state index >= 15 is 0 Å². The SMILES string of the molecule is C=C(C)C(=O)OC(O)(CCCCCCCC(C)O)OC(=O)C(=C)C. The molecule has 0 heterocycles. The maximum atomic E-state index is 11.6. The summed E-state index contributed by atoms with van der Waals surface area (Å²) in [6.45, 7) is 11.5. The molecule has 6 nitrogen and oxygen atoms in total. The lowest BCUT2D eigenvalue weighted by atomic mass is 10.1. The minimum atomic E-state index is -2.31. The Kier molecular flexibility index (Phi) is 10.2. The lowest BCUT2D eigenvalue weighted by molar-refractivity contribution is -0.325. The van der Waals surface area contributed by atoms with Gasteiger partial charge in [-0.1, -0.05) is 38.8 Å². The standard InChI is InChI=1S/C18H30O6/c1-13(2)16(20)23-18(22,24-17(21)14(3)4)12-10-8-6-7-9-11-15(5)19/h15,19,22H,1,3,6-12H2,2,4-5H3. The van der Waals surface area contributed by atoms with E-state index in [1.54, 1.807) is 6.92 Å². The highest BCUT2D eigenvalue weighted by Gasteiger charge is 2.36.